The van der Waals surface area contributed by atoms with Crippen LogP contribution in [0.15, 0.2) is 0 Å². The summed E-state index contributed by atoms with van der Waals surface area (Å²) in [6.07, 6.45) is 17.4. The molecular weight excluding hydrogens is 192 g/mol. The Bertz CT molecular complexity index is 117. The third-order valence-electron chi connectivity index (χ3n) is 3.39. The summed E-state index contributed by atoms with van der Waals surface area (Å²) >= 11 is 0. The van der Waals surface area contributed by atoms with E-state index in [2.05, 4.69) is 27.2 Å². The monoisotopic (exact) mass is 224 g/mol. The number of unbranched alkanes of at least 4 members (excludes halogenated alkanes) is 8. The molecule has 0 aromatic heterocycles. The van der Waals surface area contributed by atoms with Crippen LogP contribution in [0.4, 0.5) is 0 Å². The summed E-state index contributed by atoms with van der Waals surface area (Å²) < 4.78 is 0. The first-order chi connectivity index (χ1) is 7.81. The van der Waals surface area contributed by atoms with Crippen molar-refractivity contribution in [2.75, 3.05) is 0 Å². The van der Waals surface area contributed by atoms with Gasteiger partial charge in [-0.1, -0.05) is 91.4 Å². The molecule has 0 heterocycles. The van der Waals surface area contributed by atoms with Gasteiger partial charge >= 0.3 is 0 Å². The minimum Gasteiger partial charge on any atom is -0.0625 e. The third kappa shape index (κ3) is 12.1. The zero-order chi connectivity index (χ0) is 12.1. The fourth-order valence-electron chi connectivity index (χ4n) is 2.19. The van der Waals surface area contributed by atoms with E-state index in [1.807, 2.05) is 0 Å². The fraction of sp³-hybridized carbons (Fsp3) is 0.875. The van der Waals surface area contributed by atoms with Gasteiger partial charge in [0.1, 0.15) is 0 Å². The smallest absolute Gasteiger partial charge is 0.0417 e. The molecule has 0 aliphatic rings. The summed E-state index contributed by atoms with van der Waals surface area (Å²) in [5.74, 6) is 0.949. The fourth-order valence-corrected chi connectivity index (χ4v) is 2.19. The van der Waals surface area contributed by atoms with Crippen molar-refractivity contribution in [1.29, 1.82) is 0 Å². The van der Waals surface area contributed by atoms with E-state index in [9.17, 15) is 0 Å². The molecule has 2 radical (unpaired) electrons. The van der Waals surface area contributed by atoms with Crippen LogP contribution >= 0.6 is 0 Å². The highest BCUT2D eigenvalue weighted by Gasteiger charge is 2.01. The molecule has 16 heavy (non-hydrogen) atoms. The summed E-state index contributed by atoms with van der Waals surface area (Å²) in [6, 6.07) is 0. The number of hydrogen-bond donors (Lipinski definition) is 0. The molecule has 0 nitrogen and oxygen atoms in total. The van der Waals surface area contributed by atoms with Gasteiger partial charge in [0.15, 0.2) is 0 Å². The normalized spacial score (nSPS) is 12.9. The Labute approximate surface area is 104 Å². The van der Waals surface area contributed by atoms with Gasteiger partial charge < -0.3 is 0 Å². The lowest BCUT2D eigenvalue weighted by Crippen LogP contribution is -1.95. The van der Waals surface area contributed by atoms with Crippen molar-refractivity contribution in [3.05, 3.63) is 13.3 Å². The van der Waals surface area contributed by atoms with Crippen LogP contribution in [-0.4, -0.2) is 0 Å². The van der Waals surface area contributed by atoms with Crippen LogP contribution in [-0.2, 0) is 0 Å². The topological polar surface area (TPSA) is 0 Å². The van der Waals surface area contributed by atoms with E-state index in [1.165, 1.54) is 64.2 Å². The SMILES string of the molecule is [CH2]CCCCCCCC(C)CCCC[CH]C. The summed E-state index contributed by atoms with van der Waals surface area (Å²) in [5, 5.41) is 0. The van der Waals surface area contributed by atoms with Crippen LogP contribution in [0.5, 0.6) is 0 Å². The predicted molar refractivity (Wildman–Crippen MR) is 75.3 cm³/mol. The second-order valence-electron chi connectivity index (χ2n) is 5.21. The molecule has 0 aliphatic heterocycles. The molecule has 0 bridgehead atoms. The zero-order valence-electron chi connectivity index (χ0n) is 11.6. The Kier molecular flexibility index (Phi) is 13.1. The first-order valence-electron chi connectivity index (χ1n) is 7.38. The molecule has 96 valence electrons. The Morgan fingerprint density at radius 3 is 2.06 bits per heavy atom. The molecule has 0 saturated carbocycles. The second kappa shape index (κ2) is 13.1. The average molecular weight is 224 g/mol. The van der Waals surface area contributed by atoms with Crippen molar-refractivity contribution in [3.8, 4) is 0 Å². The maximum atomic E-state index is 3.88. The van der Waals surface area contributed by atoms with Crippen molar-refractivity contribution in [1.82, 2.24) is 0 Å². The average Bonchev–Trinajstić information content (AvgIpc) is 2.29. The molecule has 0 amide bonds. The molecule has 1 unspecified atom stereocenters. The molecule has 0 aromatic rings. The van der Waals surface area contributed by atoms with Gasteiger partial charge in [-0.2, -0.15) is 0 Å². The van der Waals surface area contributed by atoms with E-state index >= 15 is 0 Å². The summed E-state index contributed by atoms with van der Waals surface area (Å²) in [6.45, 7) is 8.46. The van der Waals surface area contributed by atoms with E-state index in [4.69, 9.17) is 0 Å². The first-order valence-corrected chi connectivity index (χ1v) is 7.38. The van der Waals surface area contributed by atoms with E-state index < -0.39 is 0 Å². The highest BCUT2D eigenvalue weighted by molar-refractivity contribution is 4.59. The van der Waals surface area contributed by atoms with E-state index in [0.29, 0.717) is 0 Å². The van der Waals surface area contributed by atoms with Gasteiger partial charge in [0.2, 0.25) is 0 Å². The molecule has 0 heteroatoms. The maximum absolute atomic E-state index is 3.88. The van der Waals surface area contributed by atoms with E-state index in [-0.39, 0.29) is 0 Å². The molecule has 0 rings (SSSR count). The van der Waals surface area contributed by atoms with Gasteiger partial charge in [-0.15, -0.1) is 0 Å². The number of rotatable bonds is 12. The molecule has 1 atom stereocenters. The predicted octanol–water partition coefficient (Wildman–Crippen LogP) is 5.97. The summed E-state index contributed by atoms with van der Waals surface area (Å²) in [5.41, 5.74) is 0. The lowest BCUT2D eigenvalue weighted by atomic mass is 9.96. The summed E-state index contributed by atoms with van der Waals surface area (Å²) in [7, 11) is 0. The molecule has 0 fully saturated rings. The van der Waals surface area contributed by atoms with E-state index in [1.54, 1.807) is 0 Å². The number of hydrogen-bond acceptors (Lipinski definition) is 0. The third-order valence-corrected chi connectivity index (χ3v) is 3.39. The van der Waals surface area contributed by atoms with Crippen LogP contribution < -0.4 is 0 Å². The minimum atomic E-state index is 0.949. The Morgan fingerprint density at radius 1 is 0.875 bits per heavy atom. The molecule has 0 aliphatic carbocycles. The molecule has 0 saturated heterocycles. The van der Waals surface area contributed by atoms with Crippen LogP contribution in [0.25, 0.3) is 0 Å². The van der Waals surface area contributed by atoms with Gasteiger partial charge in [0, 0.05) is 0 Å². The minimum absolute atomic E-state index is 0.949. The van der Waals surface area contributed by atoms with Crippen molar-refractivity contribution in [2.24, 2.45) is 5.92 Å². The van der Waals surface area contributed by atoms with Crippen LogP contribution in [0, 0.1) is 19.3 Å². The summed E-state index contributed by atoms with van der Waals surface area (Å²) in [4.78, 5) is 0. The molecular formula is C16H32. The lowest BCUT2D eigenvalue weighted by molar-refractivity contribution is 0.438. The van der Waals surface area contributed by atoms with Gasteiger partial charge in [0.05, 0.1) is 0 Å². The Hall–Kier alpha value is 0. The maximum Gasteiger partial charge on any atom is -0.0417 e. The van der Waals surface area contributed by atoms with Crippen molar-refractivity contribution in [2.45, 2.75) is 84.5 Å². The Balaban J connectivity index is 3.08. The van der Waals surface area contributed by atoms with Crippen LogP contribution in [0.2, 0.25) is 0 Å². The van der Waals surface area contributed by atoms with Gasteiger partial charge in [-0.3, -0.25) is 0 Å². The Morgan fingerprint density at radius 2 is 1.44 bits per heavy atom. The lowest BCUT2D eigenvalue weighted by Gasteiger charge is -2.10. The molecule has 0 spiro atoms. The van der Waals surface area contributed by atoms with Crippen molar-refractivity contribution >= 4 is 0 Å². The van der Waals surface area contributed by atoms with E-state index in [0.717, 1.165) is 12.3 Å². The highest BCUT2D eigenvalue weighted by atomic mass is 14.1. The van der Waals surface area contributed by atoms with Crippen LogP contribution in [0.1, 0.15) is 84.5 Å². The molecule has 0 N–H and O–H groups in total. The van der Waals surface area contributed by atoms with Gasteiger partial charge in [-0.25, -0.2) is 0 Å². The van der Waals surface area contributed by atoms with Crippen molar-refractivity contribution in [3.63, 3.8) is 0 Å². The van der Waals surface area contributed by atoms with Crippen molar-refractivity contribution < 1.29 is 0 Å². The standard InChI is InChI=1S/C16H32/c1-4-6-8-10-11-13-15-16(3)14-12-9-7-5-2/h5,16H,1,4,6-15H2,2-3H3. The van der Waals surface area contributed by atoms with Gasteiger partial charge in [0.25, 0.3) is 0 Å². The quantitative estimate of drug-likeness (QED) is 0.358. The first kappa shape index (κ1) is 16.0. The zero-order valence-corrected chi connectivity index (χ0v) is 11.6. The molecule has 0 aromatic carbocycles. The largest absolute Gasteiger partial charge is 0.0625 e. The van der Waals surface area contributed by atoms with Gasteiger partial charge in [-0.05, 0) is 12.3 Å². The van der Waals surface area contributed by atoms with Crippen LogP contribution in [0.3, 0.4) is 0 Å². The second-order valence-corrected chi connectivity index (χ2v) is 5.21. The highest BCUT2D eigenvalue weighted by Crippen LogP contribution is 2.17.